The van der Waals surface area contributed by atoms with E-state index in [1.54, 1.807) is 0 Å². The van der Waals surface area contributed by atoms with E-state index < -0.39 is 16.9 Å². The van der Waals surface area contributed by atoms with Crippen LogP contribution in [0, 0.1) is 0 Å². The zero-order valence-electron chi connectivity index (χ0n) is 48.7. The average Bonchev–Trinajstić information content (AvgIpc) is 1.63. The summed E-state index contributed by atoms with van der Waals surface area (Å²) >= 11 is 0. The summed E-state index contributed by atoms with van der Waals surface area (Å²) in [5.74, 6) is 0. The van der Waals surface area contributed by atoms with Gasteiger partial charge in [-0.3, -0.25) is 0 Å². The molecule has 1 atom stereocenters. The Morgan fingerprint density at radius 1 is 0.253 bits per heavy atom. The van der Waals surface area contributed by atoms with Crippen molar-refractivity contribution >= 4 is 34.1 Å². The zero-order chi connectivity index (χ0) is 56.8. The Labute approximate surface area is 469 Å². The van der Waals surface area contributed by atoms with Crippen molar-refractivity contribution in [2.75, 3.05) is 9.80 Å². The lowest BCUT2D eigenvalue weighted by atomic mass is 9.67. The van der Waals surface area contributed by atoms with Gasteiger partial charge in [0.25, 0.3) is 0 Å². The summed E-state index contributed by atoms with van der Waals surface area (Å²) in [7, 11) is 0. The molecule has 372 valence electrons. The smallest absolute Gasteiger partial charge is 0.0727 e. The minimum Gasteiger partial charge on any atom is -0.310 e. The first-order chi connectivity index (χ1) is 41.0. The van der Waals surface area contributed by atoms with Crippen LogP contribution < -0.4 is 9.80 Å². The van der Waals surface area contributed by atoms with Gasteiger partial charge in [0.2, 0.25) is 0 Å². The summed E-state index contributed by atoms with van der Waals surface area (Å²) in [5, 5.41) is 0. The highest BCUT2D eigenvalue weighted by molar-refractivity contribution is 5.98. The van der Waals surface area contributed by atoms with Crippen LogP contribution in [0.4, 0.5) is 34.1 Å². The maximum atomic E-state index is 9.34. The van der Waals surface area contributed by atoms with Gasteiger partial charge in [0.1, 0.15) is 0 Å². The minimum absolute atomic E-state index is 0.0865. The van der Waals surface area contributed by atoms with Gasteiger partial charge < -0.3 is 9.80 Å². The van der Waals surface area contributed by atoms with E-state index in [0.717, 1.165) is 61.6 Å². The van der Waals surface area contributed by atoms with Crippen LogP contribution in [0.5, 0.6) is 0 Å². The fraction of sp³-hybridized carbons (Fsp3) is 0.0649. The summed E-state index contributed by atoms with van der Waals surface area (Å²) in [4.78, 5) is 4.32. The molecule has 0 fully saturated rings. The van der Waals surface area contributed by atoms with Crippen molar-refractivity contribution in [2.45, 2.75) is 30.1 Å². The normalized spacial score (nSPS) is 16.6. The van der Waals surface area contributed by atoms with Crippen molar-refractivity contribution < 1.29 is 6.85 Å². The number of hydrogen-bond donors (Lipinski definition) is 0. The van der Waals surface area contributed by atoms with Crippen LogP contribution in [0.15, 0.2) is 291 Å². The zero-order valence-corrected chi connectivity index (χ0v) is 43.7. The van der Waals surface area contributed by atoms with Crippen LogP contribution >= 0.6 is 0 Å². The Morgan fingerprint density at radius 2 is 0.570 bits per heavy atom. The maximum absolute atomic E-state index is 9.34. The number of hydrogen-bond acceptors (Lipinski definition) is 2. The highest BCUT2D eigenvalue weighted by Crippen LogP contribution is 2.65. The third-order valence-corrected chi connectivity index (χ3v) is 17.8. The molecule has 0 heterocycles. The van der Waals surface area contributed by atoms with E-state index in [1.165, 1.54) is 55.6 Å². The molecule has 2 heteroatoms. The number of rotatable bonds is 8. The summed E-state index contributed by atoms with van der Waals surface area (Å²) in [6.45, 7) is 4.70. The van der Waals surface area contributed by atoms with E-state index in [2.05, 4.69) is 243 Å². The predicted octanol–water partition coefficient (Wildman–Crippen LogP) is 19.6. The van der Waals surface area contributed by atoms with Gasteiger partial charge in [-0.25, -0.2) is 0 Å². The standard InChI is InChI=1S/C77H54N2/c1-75(2)67-35-19-15-31-59(67)63-43-39-55(47-71(63)75)79(57-41-44-64-60-32-16-20-36-68(60)76(72(64)48-57,51-23-7-3-8-24-51)52-25-9-4-10-26-52)58-42-46-66-62-34-18-22-38-70(62)77(74(66)50-58)69-37-21-17-33-61(69)65-45-40-56(49-73(65)77)78(53-27-11-5-12-28-53)54-29-13-6-14-30-54/h3-50H,1-2H3/i5D,11D,12D,27D,28D. The van der Waals surface area contributed by atoms with Gasteiger partial charge in [-0.1, -0.05) is 232 Å². The van der Waals surface area contributed by atoms with Crippen molar-refractivity contribution in [3.05, 3.63) is 347 Å². The molecule has 0 amide bonds. The van der Waals surface area contributed by atoms with Crippen molar-refractivity contribution in [1.82, 2.24) is 0 Å². The fourth-order valence-electron chi connectivity index (χ4n) is 14.6. The van der Waals surface area contributed by atoms with E-state index in [0.29, 0.717) is 11.4 Å². The minimum atomic E-state index is -0.839. The highest BCUT2D eigenvalue weighted by atomic mass is 15.1. The van der Waals surface area contributed by atoms with Crippen molar-refractivity contribution in [3.63, 3.8) is 0 Å². The molecule has 0 radical (unpaired) electrons. The first kappa shape index (κ1) is 40.5. The summed E-state index contributed by atoms with van der Waals surface area (Å²) in [6.07, 6.45) is 0. The molecular weight excluding hydrogens is 953 g/mol. The second kappa shape index (κ2) is 17.1. The number of nitrogens with zero attached hydrogens (tertiary/aromatic N) is 2. The number of benzene rings is 12. The Morgan fingerprint density at radius 3 is 1.03 bits per heavy atom. The van der Waals surface area contributed by atoms with Crippen LogP contribution in [0.2, 0.25) is 0 Å². The molecule has 0 bridgehead atoms. The third-order valence-electron chi connectivity index (χ3n) is 17.8. The van der Waals surface area contributed by atoms with Crippen LogP contribution in [0.3, 0.4) is 0 Å². The average molecular weight is 1010 g/mol. The van der Waals surface area contributed by atoms with Gasteiger partial charge in [0, 0.05) is 39.5 Å². The second-order valence-electron chi connectivity index (χ2n) is 21.9. The molecule has 2 nitrogen and oxygen atoms in total. The highest BCUT2D eigenvalue weighted by Gasteiger charge is 2.53. The van der Waals surface area contributed by atoms with E-state index in [1.807, 2.05) is 41.3 Å². The number of fused-ring (bicyclic) bond motifs is 16. The lowest BCUT2D eigenvalue weighted by molar-refractivity contribution is 0.660. The molecule has 0 aromatic heterocycles. The molecule has 0 saturated heterocycles. The van der Waals surface area contributed by atoms with Crippen LogP contribution in [0.25, 0.3) is 44.5 Å². The Hall–Kier alpha value is -9.76. The molecule has 0 aliphatic heterocycles. The Kier molecular flexibility index (Phi) is 8.77. The lowest BCUT2D eigenvalue weighted by Crippen LogP contribution is -2.28. The van der Waals surface area contributed by atoms with Gasteiger partial charge in [-0.05, 0) is 173 Å². The van der Waals surface area contributed by atoms with Gasteiger partial charge in [0.15, 0.2) is 0 Å². The van der Waals surface area contributed by atoms with Crippen LogP contribution in [-0.2, 0) is 16.2 Å². The molecule has 0 N–H and O–H groups in total. The predicted molar refractivity (Wildman–Crippen MR) is 327 cm³/mol. The molecule has 4 aliphatic carbocycles. The monoisotopic (exact) mass is 1010 g/mol. The SMILES string of the molecule is [2H]c1c([2H])c([2H])c(N(c2ccccc2)c2ccc3c(c2)C2(c4ccccc4-c4ccc(N(c5ccc6c(c5)C(C)(C)c5ccccc5-6)c5ccc6c(c5)C(c5ccccc5)(c5ccccc5)c5ccccc5-6)cc42)c2ccccc2-3)c([2H])c1[2H]. The van der Waals surface area contributed by atoms with Gasteiger partial charge in [-0.2, -0.15) is 0 Å². The number of para-hydroxylation sites is 2. The Bertz CT molecular complexity index is 4650. The van der Waals surface area contributed by atoms with E-state index in [-0.39, 0.29) is 35.3 Å². The third kappa shape index (κ3) is 6.29. The largest absolute Gasteiger partial charge is 0.310 e. The van der Waals surface area contributed by atoms with Gasteiger partial charge in [0.05, 0.1) is 17.7 Å². The maximum Gasteiger partial charge on any atom is 0.0727 e. The topological polar surface area (TPSA) is 6.48 Å². The van der Waals surface area contributed by atoms with Crippen LogP contribution in [-0.4, -0.2) is 0 Å². The van der Waals surface area contributed by atoms with Gasteiger partial charge in [-0.15, -0.1) is 0 Å². The fourth-order valence-corrected chi connectivity index (χ4v) is 14.6. The summed E-state index contributed by atoms with van der Waals surface area (Å²) in [6, 6.07) is 92.9. The second-order valence-corrected chi connectivity index (χ2v) is 21.9. The van der Waals surface area contributed by atoms with E-state index >= 15 is 0 Å². The first-order valence-corrected chi connectivity index (χ1v) is 27.3. The molecule has 1 unspecified atom stereocenters. The molecule has 4 aliphatic rings. The molecule has 12 aromatic carbocycles. The number of anilines is 6. The Balaban J connectivity index is 0.966. The lowest BCUT2D eigenvalue weighted by Gasteiger charge is -2.35. The van der Waals surface area contributed by atoms with Crippen molar-refractivity contribution in [1.29, 1.82) is 0 Å². The molecular formula is C77H54N2. The van der Waals surface area contributed by atoms with E-state index in [9.17, 15) is 2.74 Å². The molecule has 16 rings (SSSR count). The van der Waals surface area contributed by atoms with E-state index in [4.69, 9.17) is 4.11 Å². The summed E-state index contributed by atoms with van der Waals surface area (Å²) in [5.41, 5.74) is 24.2. The molecule has 12 aromatic rings. The quantitative estimate of drug-likeness (QED) is 0.150. The summed E-state index contributed by atoms with van der Waals surface area (Å²) < 4.78 is 45.0. The van der Waals surface area contributed by atoms with Crippen LogP contribution in [0.1, 0.15) is 76.3 Å². The molecule has 79 heavy (non-hydrogen) atoms. The molecule has 1 spiro atoms. The molecule has 0 saturated carbocycles. The van der Waals surface area contributed by atoms with Gasteiger partial charge >= 0.3 is 0 Å². The van der Waals surface area contributed by atoms with Crippen molar-refractivity contribution in [2.24, 2.45) is 0 Å². The first-order valence-electron chi connectivity index (χ1n) is 29.8. The van der Waals surface area contributed by atoms with Crippen molar-refractivity contribution in [3.8, 4) is 44.5 Å².